The van der Waals surface area contributed by atoms with Crippen molar-refractivity contribution < 1.29 is 9.59 Å². The molecule has 0 heterocycles. The van der Waals surface area contributed by atoms with E-state index < -0.39 is 5.91 Å². The lowest BCUT2D eigenvalue weighted by Crippen LogP contribution is -2.22. The highest BCUT2D eigenvalue weighted by Crippen LogP contribution is 2.13. The topological polar surface area (TPSA) is 72.2 Å². The van der Waals surface area contributed by atoms with Gasteiger partial charge in [-0.3, -0.25) is 9.59 Å². The zero-order valence-electron chi connectivity index (χ0n) is 17.1. The van der Waals surface area contributed by atoms with Gasteiger partial charge in [0.25, 0.3) is 0 Å². The van der Waals surface area contributed by atoms with Crippen LogP contribution >= 0.6 is 0 Å². The van der Waals surface area contributed by atoms with Crippen molar-refractivity contribution in [3.63, 3.8) is 0 Å². The monoisotopic (exact) mass is 366 g/mol. The lowest BCUT2D eigenvalue weighted by atomic mass is 10.0. The van der Waals surface area contributed by atoms with E-state index in [1.165, 1.54) is 96.0 Å². The van der Waals surface area contributed by atoms with Crippen molar-refractivity contribution >= 4 is 11.8 Å². The normalized spacial score (nSPS) is 11.1. The van der Waals surface area contributed by atoms with Crippen LogP contribution in [0.4, 0.5) is 0 Å². The Morgan fingerprint density at radius 3 is 1.42 bits per heavy atom. The molecule has 0 unspecified atom stereocenters. The van der Waals surface area contributed by atoms with Crippen LogP contribution in [-0.4, -0.2) is 18.4 Å². The largest absolute Gasteiger partial charge is 0.366 e. The van der Waals surface area contributed by atoms with Crippen LogP contribution in [0.25, 0.3) is 0 Å². The molecular formula is C22H42N2O2. The van der Waals surface area contributed by atoms with Gasteiger partial charge < -0.3 is 11.1 Å². The highest BCUT2D eigenvalue weighted by Gasteiger charge is 1.97. The predicted molar refractivity (Wildman–Crippen MR) is 111 cm³/mol. The van der Waals surface area contributed by atoms with Gasteiger partial charge in [-0.15, -0.1) is 0 Å². The molecule has 0 aromatic heterocycles. The molecule has 0 aliphatic rings. The fourth-order valence-corrected chi connectivity index (χ4v) is 3.10. The number of carbonyl (C=O) groups is 2. The molecule has 26 heavy (non-hydrogen) atoms. The molecule has 2 amide bonds. The molecule has 0 atom stereocenters. The first kappa shape index (κ1) is 24.7. The van der Waals surface area contributed by atoms with E-state index in [1.807, 2.05) is 0 Å². The molecule has 0 aliphatic heterocycles. The number of amides is 2. The molecule has 0 radical (unpaired) electrons. The molecule has 0 fully saturated rings. The van der Waals surface area contributed by atoms with Crippen LogP contribution in [0, 0.1) is 0 Å². The fraction of sp³-hybridized carbons (Fsp3) is 0.818. The smallest absolute Gasteiger partial charge is 0.244 e. The lowest BCUT2D eigenvalue weighted by Gasteiger charge is -2.04. The number of primary amides is 1. The Morgan fingerprint density at radius 1 is 0.654 bits per heavy atom. The average molecular weight is 367 g/mol. The first-order chi connectivity index (χ1) is 12.7. The summed E-state index contributed by atoms with van der Waals surface area (Å²) >= 11 is 0. The van der Waals surface area contributed by atoms with Crippen LogP contribution in [-0.2, 0) is 9.59 Å². The Bertz CT molecular complexity index is 367. The molecule has 0 aromatic rings. The molecule has 0 rings (SSSR count). The van der Waals surface area contributed by atoms with E-state index >= 15 is 0 Å². The van der Waals surface area contributed by atoms with E-state index in [-0.39, 0.29) is 5.91 Å². The van der Waals surface area contributed by atoms with E-state index in [2.05, 4.69) is 12.2 Å². The summed E-state index contributed by atoms with van der Waals surface area (Å²) in [6.45, 7) is 2.94. The minimum atomic E-state index is -0.595. The summed E-state index contributed by atoms with van der Waals surface area (Å²) in [5.74, 6) is -0.840. The Kier molecular flexibility index (Phi) is 19.0. The SMILES string of the molecule is CCCCCCCCCCCCCCCCCCNC(=O)C=CC(N)=O. The summed E-state index contributed by atoms with van der Waals surface area (Å²) in [5.41, 5.74) is 4.93. The minimum absolute atomic E-state index is 0.246. The zero-order valence-corrected chi connectivity index (χ0v) is 17.1. The van der Waals surface area contributed by atoms with Crippen molar-refractivity contribution in [1.29, 1.82) is 0 Å². The Morgan fingerprint density at radius 2 is 1.04 bits per heavy atom. The molecule has 0 aromatic carbocycles. The predicted octanol–water partition coefficient (Wildman–Crippen LogP) is 5.41. The van der Waals surface area contributed by atoms with Crippen molar-refractivity contribution in [1.82, 2.24) is 5.32 Å². The number of hydrogen-bond donors (Lipinski definition) is 2. The van der Waals surface area contributed by atoms with Crippen LogP contribution in [0.2, 0.25) is 0 Å². The second-order valence-corrected chi connectivity index (χ2v) is 7.33. The third kappa shape index (κ3) is 20.7. The van der Waals surface area contributed by atoms with Crippen molar-refractivity contribution in [2.24, 2.45) is 5.73 Å². The van der Waals surface area contributed by atoms with Gasteiger partial charge >= 0.3 is 0 Å². The summed E-state index contributed by atoms with van der Waals surface area (Å²) < 4.78 is 0. The van der Waals surface area contributed by atoms with Crippen LogP contribution in [0.1, 0.15) is 110 Å². The standard InChI is InChI=1S/C22H42N2O2/c1-2-3-4-5-6-7-8-9-10-11-12-13-14-15-16-17-20-24-22(26)19-18-21(23)25/h18-19H,2-17,20H2,1H3,(H2,23,25)(H,24,26). The highest BCUT2D eigenvalue weighted by molar-refractivity contribution is 5.95. The Balaban J connectivity index is 3.13. The van der Waals surface area contributed by atoms with Crippen molar-refractivity contribution in [3.8, 4) is 0 Å². The van der Waals surface area contributed by atoms with Crippen LogP contribution in [0.15, 0.2) is 12.2 Å². The molecule has 152 valence electrons. The van der Waals surface area contributed by atoms with Gasteiger partial charge in [0.15, 0.2) is 0 Å². The second kappa shape index (κ2) is 20.0. The molecule has 4 nitrogen and oxygen atoms in total. The summed E-state index contributed by atoms with van der Waals surface area (Å²) in [5, 5.41) is 2.75. The minimum Gasteiger partial charge on any atom is -0.366 e. The number of nitrogens with one attached hydrogen (secondary N) is 1. The maximum absolute atomic E-state index is 11.3. The van der Waals surface area contributed by atoms with Gasteiger partial charge in [-0.05, 0) is 6.42 Å². The Hall–Kier alpha value is -1.32. The molecule has 0 saturated heterocycles. The van der Waals surface area contributed by atoms with E-state index in [0.717, 1.165) is 18.9 Å². The number of hydrogen-bond acceptors (Lipinski definition) is 2. The number of rotatable bonds is 19. The molecule has 0 saturated carbocycles. The van der Waals surface area contributed by atoms with Gasteiger partial charge in [0, 0.05) is 18.7 Å². The van der Waals surface area contributed by atoms with Crippen molar-refractivity contribution in [2.75, 3.05) is 6.54 Å². The van der Waals surface area contributed by atoms with Crippen molar-refractivity contribution in [3.05, 3.63) is 12.2 Å². The van der Waals surface area contributed by atoms with E-state index in [4.69, 9.17) is 5.73 Å². The molecule has 3 N–H and O–H groups in total. The first-order valence-electron chi connectivity index (χ1n) is 10.9. The number of unbranched alkanes of at least 4 members (excludes halogenated alkanes) is 15. The van der Waals surface area contributed by atoms with E-state index in [0.29, 0.717) is 6.54 Å². The summed E-state index contributed by atoms with van der Waals surface area (Å²) in [6, 6.07) is 0. The third-order valence-corrected chi connectivity index (χ3v) is 4.73. The van der Waals surface area contributed by atoms with Gasteiger partial charge in [0.2, 0.25) is 11.8 Å². The van der Waals surface area contributed by atoms with E-state index in [1.54, 1.807) is 0 Å². The lowest BCUT2D eigenvalue weighted by molar-refractivity contribution is -0.117. The highest BCUT2D eigenvalue weighted by atomic mass is 16.2. The van der Waals surface area contributed by atoms with Crippen LogP contribution in [0.3, 0.4) is 0 Å². The summed E-state index contributed by atoms with van der Waals surface area (Å²) in [7, 11) is 0. The molecular weight excluding hydrogens is 324 g/mol. The maximum atomic E-state index is 11.3. The Labute approximate surface area is 161 Å². The second-order valence-electron chi connectivity index (χ2n) is 7.33. The maximum Gasteiger partial charge on any atom is 0.244 e. The van der Waals surface area contributed by atoms with Gasteiger partial charge in [-0.25, -0.2) is 0 Å². The van der Waals surface area contributed by atoms with Gasteiger partial charge in [0.1, 0.15) is 0 Å². The van der Waals surface area contributed by atoms with E-state index in [9.17, 15) is 9.59 Å². The van der Waals surface area contributed by atoms with Gasteiger partial charge in [-0.1, -0.05) is 103 Å². The third-order valence-electron chi connectivity index (χ3n) is 4.73. The zero-order chi connectivity index (χ0) is 19.3. The molecule has 4 heteroatoms. The number of carbonyl (C=O) groups excluding carboxylic acids is 2. The molecule has 0 aliphatic carbocycles. The first-order valence-corrected chi connectivity index (χ1v) is 10.9. The van der Waals surface area contributed by atoms with Gasteiger partial charge in [0.05, 0.1) is 0 Å². The fourth-order valence-electron chi connectivity index (χ4n) is 3.10. The summed E-state index contributed by atoms with van der Waals surface area (Å²) in [4.78, 5) is 21.8. The molecule has 0 bridgehead atoms. The summed E-state index contributed by atoms with van der Waals surface area (Å²) in [6.07, 6.45) is 23.8. The van der Waals surface area contributed by atoms with Crippen molar-refractivity contribution in [2.45, 2.75) is 110 Å². The van der Waals surface area contributed by atoms with Crippen LogP contribution < -0.4 is 11.1 Å². The molecule has 0 spiro atoms. The van der Waals surface area contributed by atoms with Gasteiger partial charge in [-0.2, -0.15) is 0 Å². The van der Waals surface area contributed by atoms with Crippen LogP contribution in [0.5, 0.6) is 0 Å². The quantitative estimate of drug-likeness (QED) is 0.237. The average Bonchev–Trinajstić information content (AvgIpc) is 2.62. The number of nitrogens with two attached hydrogens (primary N) is 1.